The van der Waals surface area contributed by atoms with Crippen LogP contribution in [0.4, 0.5) is 10.6 Å². The number of likely N-dealkylation sites (tertiary alicyclic amines) is 1. The molecule has 0 atom stereocenters. The van der Waals surface area contributed by atoms with Gasteiger partial charge in [-0.05, 0) is 57.6 Å². The molecule has 0 bridgehead atoms. The summed E-state index contributed by atoms with van der Waals surface area (Å²) in [4.78, 5) is 20.9. The summed E-state index contributed by atoms with van der Waals surface area (Å²) < 4.78 is 0. The zero-order valence-corrected chi connectivity index (χ0v) is 15.4. The monoisotopic (exact) mass is 340 g/mol. The zero-order valence-electron chi connectivity index (χ0n) is 15.4. The highest BCUT2D eigenvalue weighted by atomic mass is 16.2. The number of nitrogens with one attached hydrogen (secondary N) is 1. The Balaban J connectivity index is 1.99. The molecule has 2 amide bonds. The lowest BCUT2D eigenvalue weighted by molar-refractivity contribution is 0.156. The van der Waals surface area contributed by atoms with Crippen molar-refractivity contribution in [3.8, 4) is 0 Å². The Morgan fingerprint density at radius 3 is 2.68 bits per heavy atom. The lowest BCUT2D eigenvalue weighted by Crippen LogP contribution is -2.46. The first-order chi connectivity index (χ1) is 12.0. The summed E-state index contributed by atoms with van der Waals surface area (Å²) in [7, 11) is 3.97. The molecule has 25 heavy (non-hydrogen) atoms. The van der Waals surface area contributed by atoms with E-state index in [0.717, 1.165) is 37.1 Å². The number of nitrogens with zero attached hydrogens (tertiary/aromatic N) is 3. The number of pyridine rings is 1. The fourth-order valence-electron chi connectivity index (χ4n) is 2.94. The van der Waals surface area contributed by atoms with Crippen molar-refractivity contribution >= 4 is 17.4 Å². The van der Waals surface area contributed by atoms with Crippen molar-refractivity contribution in [1.82, 2.24) is 14.8 Å². The number of allylic oxidation sites excluding steroid dienone is 5. The quantitative estimate of drug-likeness (QED) is 0.830. The van der Waals surface area contributed by atoms with E-state index in [1.165, 1.54) is 0 Å². The molecule has 1 aromatic heterocycles. The third-order valence-corrected chi connectivity index (χ3v) is 4.53. The number of hydrogen-bond donors (Lipinski definition) is 1. The van der Waals surface area contributed by atoms with Crippen molar-refractivity contribution in [3.05, 3.63) is 54.8 Å². The van der Waals surface area contributed by atoms with Gasteiger partial charge in [0.1, 0.15) is 5.82 Å². The number of piperidine rings is 1. The predicted molar refractivity (Wildman–Crippen MR) is 105 cm³/mol. The third-order valence-electron chi connectivity index (χ3n) is 4.53. The second kappa shape index (κ2) is 9.18. The minimum atomic E-state index is -0.106. The summed E-state index contributed by atoms with van der Waals surface area (Å²) in [6.45, 7) is 7.76. The van der Waals surface area contributed by atoms with E-state index >= 15 is 0 Å². The molecule has 1 aliphatic heterocycles. The van der Waals surface area contributed by atoms with Crippen LogP contribution in [-0.4, -0.2) is 54.0 Å². The maximum absolute atomic E-state index is 12.4. The van der Waals surface area contributed by atoms with Crippen LogP contribution in [0.2, 0.25) is 0 Å². The Morgan fingerprint density at radius 1 is 1.40 bits per heavy atom. The molecule has 5 heteroatoms. The highest BCUT2D eigenvalue weighted by molar-refractivity contribution is 5.88. The zero-order chi connectivity index (χ0) is 18.2. The van der Waals surface area contributed by atoms with Crippen LogP contribution in [0.25, 0.3) is 5.57 Å². The number of carbonyl (C=O) groups excluding carboxylic acids is 1. The van der Waals surface area contributed by atoms with Crippen molar-refractivity contribution in [2.75, 3.05) is 32.5 Å². The molecule has 0 aliphatic carbocycles. The van der Waals surface area contributed by atoms with E-state index in [0.29, 0.717) is 5.82 Å². The largest absolute Gasteiger partial charge is 0.324 e. The van der Waals surface area contributed by atoms with E-state index in [9.17, 15) is 4.79 Å². The Morgan fingerprint density at radius 2 is 2.12 bits per heavy atom. The van der Waals surface area contributed by atoms with Crippen LogP contribution in [0.15, 0.2) is 49.2 Å². The summed E-state index contributed by atoms with van der Waals surface area (Å²) in [6, 6.07) is 3.96. The minimum absolute atomic E-state index is 0.106. The van der Waals surface area contributed by atoms with Crippen molar-refractivity contribution in [2.45, 2.75) is 25.8 Å². The summed E-state index contributed by atoms with van der Waals surface area (Å²) in [5.74, 6) is 0.562. The van der Waals surface area contributed by atoms with Gasteiger partial charge < -0.3 is 9.80 Å². The first-order valence-electron chi connectivity index (χ1n) is 8.69. The standard InChI is InChI=1S/C20H28N4O/c1-5-7-16(8-6-2)17-9-10-19(21-15-17)22-20(25)24(4)18-11-13-23(3)14-12-18/h5-10,15,18H,1,11-14H2,2-4H3,(H,21,22,25)/b8-6-,16-7+. The fraction of sp³-hybridized carbons (Fsp3) is 0.400. The lowest BCUT2D eigenvalue weighted by atomic mass is 10.0. The van der Waals surface area contributed by atoms with E-state index in [-0.39, 0.29) is 12.1 Å². The lowest BCUT2D eigenvalue weighted by Gasteiger charge is -2.34. The molecule has 1 N–H and O–H groups in total. The highest BCUT2D eigenvalue weighted by Crippen LogP contribution is 2.18. The van der Waals surface area contributed by atoms with Crippen LogP contribution < -0.4 is 5.32 Å². The smallest absolute Gasteiger partial charge is 0.323 e. The number of urea groups is 1. The first-order valence-corrected chi connectivity index (χ1v) is 8.69. The van der Waals surface area contributed by atoms with Gasteiger partial charge in [-0.3, -0.25) is 5.32 Å². The van der Waals surface area contributed by atoms with E-state index in [2.05, 4.69) is 28.8 Å². The van der Waals surface area contributed by atoms with Gasteiger partial charge in [0.05, 0.1) is 0 Å². The van der Waals surface area contributed by atoms with E-state index < -0.39 is 0 Å². The van der Waals surface area contributed by atoms with E-state index in [1.807, 2.05) is 44.3 Å². The van der Waals surface area contributed by atoms with Crippen LogP contribution in [0.3, 0.4) is 0 Å². The fourth-order valence-corrected chi connectivity index (χ4v) is 2.94. The average Bonchev–Trinajstić information content (AvgIpc) is 2.62. The molecule has 1 fully saturated rings. The maximum atomic E-state index is 12.4. The van der Waals surface area contributed by atoms with Gasteiger partial charge in [-0.25, -0.2) is 9.78 Å². The molecule has 134 valence electrons. The van der Waals surface area contributed by atoms with Gasteiger partial charge in [-0.1, -0.05) is 30.9 Å². The minimum Gasteiger partial charge on any atom is -0.324 e. The Hall–Kier alpha value is -2.40. The van der Waals surface area contributed by atoms with E-state index in [1.54, 1.807) is 17.2 Å². The Labute approximate surface area is 150 Å². The van der Waals surface area contributed by atoms with Gasteiger partial charge in [0.25, 0.3) is 0 Å². The van der Waals surface area contributed by atoms with Gasteiger partial charge >= 0.3 is 6.03 Å². The molecule has 1 aliphatic rings. The van der Waals surface area contributed by atoms with Gasteiger partial charge in [-0.2, -0.15) is 0 Å². The Bertz CT molecular complexity index is 640. The summed E-state index contributed by atoms with van der Waals surface area (Å²) in [5.41, 5.74) is 2.02. The van der Waals surface area contributed by atoms with Gasteiger partial charge in [0.15, 0.2) is 0 Å². The molecule has 2 heterocycles. The molecule has 0 aromatic carbocycles. The van der Waals surface area contributed by atoms with Crippen LogP contribution >= 0.6 is 0 Å². The van der Waals surface area contributed by atoms with Gasteiger partial charge in [-0.15, -0.1) is 0 Å². The molecule has 0 saturated carbocycles. The second-order valence-electron chi connectivity index (χ2n) is 6.37. The highest BCUT2D eigenvalue weighted by Gasteiger charge is 2.24. The third kappa shape index (κ3) is 5.29. The number of hydrogen-bond acceptors (Lipinski definition) is 3. The number of rotatable bonds is 5. The summed E-state index contributed by atoms with van der Waals surface area (Å²) >= 11 is 0. The van der Waals surface area contributed by atoms with E-state index in [4.69, 9.17) is 0 Å². The molecule has 0 unspecified atom stereocenters. The van der Waals surface area contributed by atoms with Crippen LogP contribution in [-0.2, 0) is 0 Å². The maximum Gasteiger partial charge on any atom is 0.323 e. The van der Waals surface area contributed by atoms with Crippen LogP contribution in [0.1, 0.15) is 25.3 Å². The molecular weight excluding hydrogens is 312 g/mol. The van der Waals surface area contributed by atoms with Gasteiger partial charge in [0, 0.05) is 24.8 Å². The molecular formula is C20H28N4O. The summed E-state index contributed by atoms with van der Waals surface area (Å²) in [6.07, 6.45) is 11.4. The van der Waals surface area contributed by atoms with Crippen molar-refractivity contribution in [2.24, 2.45) is 0 Å². The average molecular weight is 340 g/mol. The molecule has 2 rings (SSSR count). The molecule has 1 saturated heterocycles. The van der Waals surface area contributed by atoms with Crippen molar-refractivity contribution < 1.29 is 4.79 Å². The number of anilines is 1. The SMILES string of the molecule is C=C/C=C(\C=C/C)c1ccc(NC(=O)N(C)C2CCN(C)CC2)nc1. The first kappa shape index (κ1) is 18.9. The topological polar surface area (TPSA) is 48.5 Å². The Kier molecular flexibility index (Phi) is 6.95. The molecule has 0 spiro atoms. The predicted octanol–water partition coefficient (Wildman–Crippen LogP) is 3.79. The molecule has 1 aromatic rings. The molecule has 5 nitrogen and oxygen atoms in total. The summed E-state index contributed by atoms with van der Waals surface area (Å²) in [5, 5.41) is 2.88. The second-order valence-corrected chi connectivity index (χ2v) is 6.37. The molecule has 0 radical (unpaired) electrons. The van der Waals surface area contributed by atoms with Gasteiger partial charge in [0.2, 0.25) is 0 Å². The number of carbonyl (C=O) groups is 1. The van der Waals surface area contributed by atoms with Crippen molar-refractivity contribution in [1.29, 1.82) is 0 Å². The van der Waals surface area contributed by atoms with Crippen LogP contribution in [0.5, 0.6) is 0 Å². The number of aromatic nitrogens is 1. The number of amides is 2. The van der Waals surface area contributed by atoms with Crippen molar-refractivity contribution in [3.63, 3.8) is 0 Å². The van der Waals surface area contributed by atoms with Crippen LogP contribution in [0, 0.1) is 0 Å². The normalized spacial score (nSPS) is 16.8.